The van der Waals surface area contributed by atoms with Crippen LogP contribution in [0.15, 0.2) is 47.1 Å². The van der Waals surface area contributed by atoms with Gasteiger partial charge in [-0.1, -0.05) is 6.07 Å². The Kier molecular flexibility index (Phi) is 5.17. The van der Waals surface area contributed by atoms with Gasteiger partial charge in [0.2, 0.25) is 5.91 Å². The molecular formula is C21H23FN2O4. The number of carbonyl (C=O) groups is 2. The van der Waals surface area contributed by atoms with Crippen LogP contribution < -0.4 is 4.90 Å². The van der Waals surface area contributed by atoms with Crippen LogP contribution in [0, 0.1) is 5.82 Å². The van der Waals surface area contributed by atoms with Gasteiger partial charge in [0.1, 0.15) is 18.2 Å². The molecule has 0 aliphatic carbocycles. The average Bonchev–Trinajstić information content (AvgIpc) is 3.22. The van der Waals surface area contributed by atoms with E-state index >= 15 is 0 Å². The minimum Gasteiger partial charge on any atom is -0.469 e. The lowest BCUT2D eigenvalue weighted by atomic mass is 9.88. The van der Waals surface area contributed by atoms with Gasteiger partial charge < -0.3 is 19.0 Å². The van der Waals surface area contributed by atoms with Crippen LogP contribution in [0.5, 0.6) is 0 Å². The molecule has 7 heteroatoms. The van der Waals surface area contributed by atoms with Crippen molar-refractivity contribution in [1.82, 2.24) is 4.90 Å². The summed E-state index contributed by atoms with van der Waals surface area (Å²) in [5, 5.41) is 0. The van der Waals surface area contributed by atoms with Crippen molar-refractivity contribution in [2.24, 2.45) is 0 Å². The van der Waals surface area contributed by atoms with E-state index in [4.69, 9.17) is 9.15 Å². The number of likely N-dealkylation sites (tertiary alicyclic amines) is 1. The minimum atomic E-state index is -0.488. The fraction of sp³-hybridized carbons (Fsp3) is 0.429. The lowest BCUT2D eigenvalue weighted by Gasteiger charge is -2.47. The Morgan fingerprint density at radius 1 is 1.18 bits per heavy atom. The number of morpholine rings is 1. The summed E-state index contributed by atoms with van der Waals surface area (Å²) in [5.74, 6) is 0.359. The third-order valence-corrected chi connectivity index (χ3v) is 5.56. The number of benzene rings is 1. The smallest absolute Gasteiger partial charge is 0.253 e. The number of hydrogen-bond acceptors (Lipinski definition) is 4. The Labute approximate surface area is 162 Å². The lowest BCUT2D eigenvalue weighted by Crippen LogP contribution is -2.59. The number of ether oxygens (including phenoxy) is 1. The summed E-state index contributed by atoms with van der Waals surface area (Å²) in [6.07, 6.45) is 3.91. The molecule has 6 nitrogen and oxygen atoms in total. The van der Waals surface area contributed by atoms with Crippen LogP contribution in [0.1, 0.15) is 25.0 Å². The number of halogens is 1. The SMILES string of the molecule is O=C(CCc1ccco1)N1CCC2(CC1)CN(c1cccc(F)c1)C(=O)CO2. The predicted octanol–water partition coefficient (Wildman–Crippen LogP) is 2.78. The van der Waals surface area contributed by atoms with E-state index in [0.29, 0.717) is 51.0 Å². The lowest BCUT2D eigenvalue weighted by molar-refractivity contribution is -0.150. The topological polar surface area (TPSA) is 63.0 Å². The van der Waals surface area contributed by atoms with Crippen LogP contribution in [0.4, 0.5) is 10.1 Å². The molecular weight excluding hydrogens is 363 g/mol. The number of rotatable bonds is 4. The molecule has 0 unspecified atom stereocenters. The molecule has 0 bridgehead atoms. The second kappa shape index (κ2) is 7.75. The Bertz CT molecular complexity index is 844. The molecule has 1 aromatic heterocycles. The number of piperidine rings is 1. The second-order valence-corrected chi connectivity index (χ2v) is 7.39. The maximum atomic E-state index is 13.6. The zero-order valence-corrected chi connectivity index (χ0v) is 15.6. The van der Waals surface area contributed by atoms with Gasteiger partial charge in [0, 0.05) is 31.6 Å². The summed E-state index contributed by atoms with van der Waals surface area (Å²) in [5.41, 5.74) is 0.0579. The first-order valence-electron chi connectivity index (χ1n) is 9.55. The number of furan rings is 1. The number of aryl methyl sites for hydroxylation is 1. The molecule has 148 valence electrons. The first kappa shape index (κ1) is 18.7. The molecule has 0 N–H and O–H groups in total. The fourth-order valence-corrected chi connectivity index (χ4v) is 3.90. The van der Waals surface area contributed by atoms with Gasteiger partial charge in [-0.15, -0.1) is 0 Å². The fourth-order valence-electron chi connectivity index (χ4n) is 3.90. The van der Waals surface area contributed by atoms with Gasteiger partial charge in [0.15, 0.2) is 0 Å². The van der Waals surface area contributed by atoms with Crippen molar-refractivity contribution >= 4 is 17.5 Å². The first-order valence-corrected chi connectivity index (χ1v) is 9.55. The molecule has 2 aliphatic heterocycles. The van der Waals surface area contributed by atoms with Gasteiger partial charge in [-0.25, -0.2) is 4.39 Å². The summed E-state index contributed by atoms with van der Waals surface area (Å²) in [7, 11) is 0. The molecule has 2 fully saturated rings. The summed E-state index contributed by atoms with van der Waals surface area (Å²) in [4.78, 5) is 28.2. The third kappa shape index (κ3) is 3.94. The molecule has 2 aliphatic rings. The summed E-state index contributed by atoms with van der Waals surface area (Å²) in [6, 6.07) is 9.73. The number of nitrogens with zero attached hydrogens (tertiary/aromatic N) is 2. The second-order valence-electron chi connectivity index (χ2n) is 7.39. The summed E-state index contributed by atoms with van der Waals surface area (Å²) in [6.45, 7) is 1.52. The van der Waals surface area contributed by atoms with Crippen molar-refractivity contribution in [2.75, 3.05) is 31.1 Å². The molecule has 1 aromatic carbocycles. The van der Waals surface area contributed by atoms with Gasteiger partial charge >= 0.3 is 0 Å². The van der Waals surface area contributed by atoms with E-state index in [9.17, 15) is 14.0 Å². The summed E-state index contributed by atoms with van der Waals surface area (Å²) < 4.78 is 24.8. The van der Waals surface area contributed by atoms with E-state index in [1.54, 1.807) is 23.3 Å². The van der Waals surface area contributed by atoms with Gasteiger partial charge in [-0.05, 0) is 43.2 Å². The maximum Gasteiger partial charge on any atom is 0.253 e. The highest BCUT2D eigenvalue weighted by Crippen LogP contribution is 2.33. The quantitative estimate of drug-likeness (QED) is 0.811. The zero-order valence-electron chi connectivity index (χ0n) is 15.6. The highest BCUT2D eigenvalue weighted by Gasteiger charge is 2.43. The molecule has 1 spiro atoms. The van der Waals surface area contributed by atoms with Crippen LogP contribution in [0.3, 0.4) is 0 Å². The molecule has 0 saturated carbocycles. The molecule has 0 radical (unpaired) electrons. The number of anilines is 1. The normalized spacial score (nSPS) is 19.2. The van der Waals surface area contributed by atoms with Gasteiger partial charge in [-0.2, -0.15) is 0 Å². The van der Waals surface area contributed by atoms with Crippen LogP contribution in [-0.4, -0.2) is 48.6 Å². The Morgan fingerprint density at radius 3 is 2.71 bits per heavy atom. The van der Waals surface area contributed by atoms with E-state index in [-0.39, 0.29) is 24.2 Å². The van der Waals surface area contributed by atoms with Gasteiger partial charge in [0.05, 0.1) is 18.4 Å². The standard InChI is InChI=1S/C21H23FN2O4/c22-16-3-1-4-17(13-16)24-15-21(28-14-20(24)26)8-10-23(11-9-21)19(25)7-6-18-5-2-12-27-18/h1-5,12-13H,6-11,14-15H2. The molecule has 2 aromatic rings. The number of carbonyl (C=O) groups excluding carboxylic acids is 2. The van der Waals surface area contributed by atoms with Crippen molar-refractivity contribution in [2.45, 2.75) is 31.3 Å². The maximum absolute atomic E-state index is 13.6. The Morgan fingerprint density at radius 2 is 2.00 bits per heavy atom. The molecule has 3 heterocycles. The monoisotopic (exact) mass is 386 g/mol. The molecule has 4 rings (SSSR count). The van der Waals surface area contributed by atoms with Gasteiger partial charge in [0.25, 0.3) is 5.91 Å². The van der Waals surface area contributed by atoms with Gasteiger partial charge in [-0.3, -0.25) is 9.59 Å². The van der Waals surface area contributed by atoms with Crippen molar-refractivity contribution in [1.29, 1.82) is 0 Å². The van der Waals surface area contributed by atoms with Crippen LogP contribution in [-0.2, 0) is 20.7 Å². The van der Waals surface area contributed by atoms with E-state index in [1.165, 1.54) is 12.1 Å². The van der Waals surface area contributed by atoms with E-state index in [1.807, 2.05) is 17.0 Å². The number of hydrogen-bond donors (Lipinski definition) is 0. The molecule has 2 saturated heterocycles. The largest absolute Gasteiger partial charge is 0.469 e. The van der Waals surface area contributed by atoms with Crippen LogP contribution >= 0.6 is 0 Å². The average molecular weight is 386 g/mol. The Balaban J connectivity index is 1.36. The van der Waals surface area contributed by atoms with Crippen molar-refractivity contribution in [3.8, 4) is 0 Å². The van der Waals surface area contributed by atoms with Crippen molar-refractivity contribution in [3.63, 3.8) is 0 Å². The molecule has 0 atom stereocenters. The third-order valence-electron chi connectivity index (χ3n) is 5.56. The molecule has 2 amide bonds. The van der Waals surface area contributed by atoms with E-state index in [0.717, 1.165) is 5.76 Å². The van der Waals surface area contributed by atoms with Crippen molar-refractivity contribution < 1.29 is 23.1 Å². The van der Waals surface area contributed by atoms with E-state index in [2.05, 4.69) is 0 Å². The zero-order chi connectivity index (χ0) is 19.6. The highest BCUT2D eigenvalue weighted by atomic mass is 19.1. The van der Waals surface area contributed by atoms with Crippen molar-refractivity contribution in [3.05, 3.63) is 54.2 Å². The van der Waals surface area contributed by atoms with Crippen LogP contribution in [0.2, 0.25) is 0 Å². The predicted molar refractivity (Wildman–Crippen MR) is 100 cm³/mol. The minimum absolute atomic E-state index is 0.0248. The molecule has 28 heavy (non-hydrogen) atoms. The number of amides is 2. The van der Waals surface area contributed by atoms with E-state index < -0.39 is 5.60 Å². The van der Waals surface area contributed by atoms with Crippen LogP contribution in [0.25, 0.3) is 0 Å². The Hall–Kier alpha value is -2.67. The first-order chi connectivity index (χ1) is 13.5. The summed E-state index contributed by atoms with van der Waals surface area (Å²) >= 11 is 0. The highest BCUT2D eigenvalue weighted by molar-refractivity contribution is 5.95.